The van der Waals surface area contributed by atoms with Crippen molar-refractivity contribution < 1.29 is 14.2 Å². The van der Waals surface area contributed by atoms with E-state index in [-0.39, 0.29) is 6.29 Å². The molecule has 0 atom stereocenters. The number of unbranched alkanes of at least 4 members (excludes halogenated alkanes) is 2. The second-order valence-electron chi connectivity index (χ2n) is 7.96. The minimum absolute atomic E-state index is 0.263. The number of hydrogen-bond donors (Lipinski definition) is 0. The normalized spacial score (nSPS) is 12.1. The molecule has 0 unspecified atom stereocenters. The number of anilines is 2. The van der Waals surface area contributed by atoms with Crippen LogP contribution < -0.4 is 9.64 Å². The number of para-hydroxylation sites is 1. The summed E-state index contributed by atoms with van der Waals surface area (Å²) in [7, 11) is 0. The van der Waals surface area contributed by atoms with Crippen LogP contribution in [0.5, 0.6) is 5.75 Å². The summed E-state index contributed by atoms with van der Waals surface area (Å²) in [6.45, 7) is 8.49. The first-order chi connectivity index (χ1) is 16.7. The smallest absolute Gasteiger partial charge is 0.163 e. The van der Waals surface area contributed by atoms with E-state index in [1.807, 2.05) is 32.0 Å². The maximum absolute atomic E-state index is 9.97. The molecule has 2 aromatic carbocycles. The lowest BCUT2D eigenvalue weighted by molar-refractivity contribution is -0.140. The van der Waals surface area contributed by atoms with Crippen molar-refractivity contribution in [1.29, 1.82) is 10.5 Å². The van der Waals surface area contributed by atoms with E-state index in [0.717, 1.165) is 47.0 Å². The van der Waals surface area contributed by atoms with Crippen LogP contribution >= 0.6 is 11.8 Å². The minimum atomic E-state index is -0.263. The van der Waals surface area contributed by atoms with Gasteiger partial charge in [0.2, 0.25) is 0 Å². The van der Waals surface area contributed by atoms with Crippen molar-refractivity contribution in [3.05, 3.63) is 41.5 Å². The number of nitrogens with zero attached hydrogens (tertiary/aromatic N) is 3. The van der Waals surface area contributed by atoms with Crippen LogP contribution in [0.2, 0.25) is 0 Å². The first kappa shape index (κ1) is 25.9. The van der Waals surface area contributed by atoms with Crippen LogP contribution in [0.4, 0.5) is 11.4 Å². The second-order valence-corrected chi connectivity index (χ2v) is 9.04. The Bertz CT molecular complexity index is 1040. The van der Waals surface area contributed by atoms with Gasteiger partial charge in [0, 0.05) is 36.0 Å². The highest BCUT2D eigenvalue weighted by Crippen LogP contribution is 2.53. The number of fused-ring (bicyclic) bond motifs is 2. The van der Waals surface area contributed by atoms with Gasteiger partial charge in [0.15, 0.2) is 12.0 Å². The molecule has 0 radical (unpaired) electrons. The summed E-state index contributed by atoms with van der Waals surface area (Å²) in [4.78, 5) is 4.35. The van der Waals surface area contributed by atoms with Crippen LogP contribution in [-0.2, 0) is 9.47 Å². The van der Waals surface area contributed by atoms with E-state index < -0.39 is 0 Å². The van der Waals surface area contributed by atoms with Crippen molar-refractivity contribution in [2.75, 3.05) is 31.3 Å². The van der Waals surface area contributed by atoms with Crippen LogP contribution in [0.3, 0.4) is 0 Å². The lowest BCUT2D eigenvalue weighted by Gasteiger charge is -2.34. The van der Waals surface area contributed by atoms with Gasteiger partial charge < -0.3 is 19.1 Å². The fourth-order valence-electron chi connectivity index (χ4n) is 4.07. The van der Waals surface area contributed by atoms with Gasteiger partial charge in [-0.1, -0.05) is 43.7 Å². The molecule has 0 fully saturated rings. The third kappa shape index (κ3) is 6.04. The number of ether oxygens (including phenoxy) is 3. The fraction of sp³-hybridized carbons (Fsp3) is 0.481. The molecule has 0 saturated heterocycles. The monoisotopic (exact) mass is 479 g/mol. The molecule has 0 aromatic heterocycles. The van der Waals surface area contributed by atoms with Gasteiger partial charge >= 0.3 is 0 Å². The van der Waals surface area contributed by atoms with Crippen molar-refractivity contribution in [2.45, 2.75) is 69.0 Å². The van der Waals surface area contributed by atoms with Gasteiger partial charge in [-0.3, -0.25) is 0 Å². The summed E-state index contributed by atoms with van der Waals surface area (Å²) in [5.41, 5.74) is 2.65. The molecule has 2 aromatic rings. The Labute approximate surface area is 207 Å². The third-order valence-electron chi connectivity index (χ3n) is 5.62. The highest BCUT2D eigenvalue weighted by Gasteiger charge is 2.30. The van der Waals surface area contributed by atoms with E-state index in [9.17, 15) is 10.5 Å². The van der Waals surface area contributed by atoms with E-state index in [1.165, 1.54) is 0 Å². The quantitative estimate of drug-likeness (QED) is 0.231. The molecular weight excluding hydrogens is 446 g/mol. The molecule has 0 bridgehead atoms. The molecule has 0 spiro atoms. The Morgan fingerprint density at radius 3 is 2.41 bits per heavy atom. The zero-order chi connectivity index (χ0) is 24.3. The Hall–Kier alpha value is -2.71. The van der Waals surface area contributed by atoms with Crippen molar-refractivity contribution in [1.82, 2.24) is 0 Å². The van der Waals surface area contributed by atoms with Gasteiger partial charge in [-0.15, -0.1) is 0 Å². The molecule has 1 aliphatic heterocycles. The van der Waals surface area contributed by atoms with Crippen molar-refractivity contribution >= 4 is 23.1 Å². The van der Waals surface area contributed by atoms with Crippen LogP contribution in [0.25, 0.3) is 0 Å². The lowest BCUT2D eigenvalue weighted by atomic mass is 10.0. The Kier molecular flexibility index (Phi) is 10.1. The largest absolute Gasteiger partial charge is 0.490 e. The van der Waals surface area contributed by atoms with Crippen LogP contribution in [0.15, 0.2) is 40.1 Å². The molecule has 0 saturated carbocycles. The average molecular weight is 480 g/mol. The Morgan fingerprint density at radius 1 is 0.971 bits per heavy atom. The molecule has 6 nitrogen and oxygen atoms in total. The molecule has 7 heteroatoms. The molecule has 34 heavy (non-hydrogen) atoms. The van der Waals surface area contributed by atoms with Gasteiger partial charge in [-0.2, -0.15) is 10.5 Å². The Balaban J connectivity index is 1.94. The predicted molar refractivity (Wildman–Crippen MR) is 135 cm³/mol. The molecule has 0 amide bonds. The maximum atomic E-state index is 9.97. The number of nitriles is 2. The Morgan fingerprint density at radius 2 is 1.74 bits per heavy atom. The van der Waals surface area contributed by atoms with Gasteiger partial charge in [-0.25, -0.2) is 0 Å². The van der Waals surface area contributed by atoms with Gasteiger partial charge in [0.05, 0.1) is 23.5 Å². The van der Waals surface area contributed by atoms with Crippen LogP contribution in [0, 0.1) is 22.7 Å². The summed E-state index contributed by atoms with van der Waals surface area (Å²) in [5.74, 6) is 0.499. The molecule has 1 aliphatic rings. The maximum Gasteiger partial charge on any atom is 0.163 e. The fourth-order valence-corrected chi connectivity index (χ4v) is 5.21. The summed E-state index contributed by atoms with van der Waals surface area (Å²) in [5, 5.41) is 19.7. The zero-order valence-electron chi connectivity index (χ0n) is 20.3. The highest BCUT2D eigenvalue weighted by molar-refractivity contribution is 7.99. The van der Waals surface area contributed by atoms with E-state index in [2.05, 4.69) is 36.1 Å². The molecule has 180 valence electrons. The van der Waals surface area contributed by atoms with Crippen molar-refractivity contribution in [3.63, 3.8) is 0 Å². The molecule has 3 rings (SSSR count). The molecule has 0 aliphatic carbocycles. The van der Waals surface area contributed by atoms with Crippen LogP contribution in [-0.4, -0.2) is 32.7 Å². The van der Waals surface area contributed by atoms with E-state index >= 15 is 0 Å². The zero-order valence-corrected chi connectivity index (χ0v) is 21.1. The summed E-state index contributed by atoms with van der Waals surface area (Å²) in [6.07, 6.45) is 4.41. The number of benzene rings is 2. The van der Waals surface area contributed by atoms with Gasteiger partial charge in [0.25, 0.3) is 0 Å². The standard InChI is InChI=1S/C27H33N3O3S/c1-4-7-10-15-30-22-12-8-9-13-23(22)34-24-17-20(18-28)21(19-29)27(26(24)30)33-16-11-14-25(31-5-2)32-6-3/h8-9,12-13,17,25H,4-7,10-11,14-16H2,1-3H3. The first-order valence-corrected chi connectivity index (χ1v) is 12.9. The second kappa shape index (κ2) is 13.2. The van der Waals surface area contributed by atoms with Crippen molar-refractivity contribution in [3.8, 4) is 17.9 Å². The van der Waals surface area contributed by atoms with Crippen molar-refractivity contribution in [2.24, 2.45) is 0 Å². The lowest BCUT2D eigenvalue weighted by Crippen LogP contribution is -2.24. The summed E-state index contributed by atoms with van der Waals surface area (Å²) < 4.78 is 17.6. The first-order valence-electron chi connectivity index (χ1n) is 12.1. The SMILES string of the molecule is CCCCCN1c2ccccc2Sc2cc(C#N)c(C#N)c(OCCCC(OCC)OCC)c21. The molecular formula is C27H33N3O3S. The van der Waals surface area contributed by atoms with E-state index in [4.69, 9.17) is 14.2 Å². The minimum Gasteiger partial charge on any atom is -0.490 e. The van der Waals surface area contributed by atoms with Gasteiger partial charge in [0.1, 0.15) is 17.7 Å². The number of rotatable bonds is 13. The predicted octanol–water partition coefficient (Wildman–Crippen LogP) is 6.78. The molecule has 1 heterocycles. The topological polar surface area (TPSA) is 78.5 Å². The summed E-state index contributed by atoms with van der Waals surface area (Å²) >= 11 is 1.62. The summed E-state index contributed by atoms with van der Waals surface area (Å²) in [6, 6.07) is 14.5. The van der Waals surface area contributed by atoms with E-state index in [1.54, 1.807) is 11.8 Å². The molecule has 0 N–H and O–H groups in total. The highest BCUT2D eigenvalue weighted by atomic mass is 32.2. The van der Waals surface area contributed by atoms with E-state index in [0.29, 0.717) is 49.5 Å². The third-order valence-corrected chi connectivity index (χ3v) is 6.72. The number of hydrogen-bond acceptors (Lipinski definition) is 7. The average Bonchev–Trinajstić information content (AvgIpc) is 2.85. The van der Waals surface area contributed by atoms with Gasteiger partial charge in [-0.05, 0) is 44.9 Å². The van der Waals surface area contributed by atoms with Crippen LogP contribution in [0.1, 0.15) is 64.0 Å².